The highest BCUT2D eigenvalue weighted by Gasteiger charge is 2.27. The number of piperidine rings is 1. The molecule has 1 atom stereocenters. The molecule has 2 rings (SSSR count). The number of hydrogen-bond acceptors (Lipinski definition) is 4. The zero-order chi connectivity index (χ0) is 15.4. The summed E-state index contributed by atoms with van der Waals surface area (Å²) in [6, 6.07) is 1.70. The molecule has 0 spiro atoms. The van der Waals surface area contributed by atoms with E-state index >= 15 is 0 Å². The molecule has 0 radical (unpaired) electrons. The Morgan fingerprint density at radius 3 is 2.81 bits per heavy atom. The average Bonchev–Trinajstić information content (AvgIpc) is 2.49. The minimum atomic E-state index is -0.313. The quantitative estimate of drug-likeness (QED) is 0.896. The Kier molecular flexibility index (Phi) is 5.42. The molecular weight excluding hydrogens is 290 g/mol. The number of rotatable bonds is 4. The lowest BCUT2D eigenvalue weighted by molar-refractivity contribution is 0.0521. The van der Waals surface area contributed by atoms with E-state index in [2.05, 4.69) is 10.3 Å². The third-order valence-electron chi connectivity index (χ3n) is 3.95. The number of amides is 1. The van der Waals surface area contributed by atoms with Crippen LogP contribution in [0.3, 0.4) is 0 Å². The van der Waals surface area contributed by atoms with Gasteiger partial charge in [0, 0.05) is 25.8 Å². The van der Waals surface area contributed by atoms with E-state index in [1.165, 1.54) is 6.20 Å². The zero-order valence-electron chi connectivity index (χ0n) is 12.5. The first-order valence-corrected chi connectivity index (χ1v) is 7.77. The van der Waals surface area contributed by atoms with Crippen molar-refractivity contribution in [1.82, 2.24) is 9.88 Å². The molecule has 0 aromatic carbocycles. The van der Waals surface area contributed by atoms with Crippen LogP contribution >= 0.6 is 11.6 Å². The molecule has 0 aliphatic carbocycles. The molecule has 1 aliphatic rings. The number of likely N-dealkylation sites (tertiary alicyclic amines) is 1. The fourth-order valence-corrected chi connectivity index (χ4v) is 2.82. The molecule has 116 valence electrons. The fourth-order valence-electron chi connectivity index (χ4n) is 2.64. The van der Waals surface area contributed by atoms with Crippen LogP contribution in [0, 0.1) is 5.92 Å². The van der Waals surface area contributed by atoms with E-state index in [0.717, 1.165) is 19.4 Å². The molecule has 21 heavy (non-hydrogen) atoms. The van der Waals surface area contributed by atoms with E-state index < -0.39 is 0 Å². The van der Waals surface area contributed by atoms with Crippen molar-refractivity contribution in [1.29, 1.82) is 0 Å². The Morgan fingerprint density at radius 1 is 1.57 bits per heavy atom. The number of hydrogen-bond donors (Lipinski definition) is 2. The first-order chi connectivity index (χ1) is 10.0. The van der Waals surface area contributed by atoms with E-state index in [4.69, 9.17) is 11.6 Å². The van der Waals surface area contributed by atoms with E-state index in [0.29, 0.717) is 29.5 Å². The number of aliphatic hydroxyl groups excluding tert-OH is 1. The molecule has 1 aromatic rings. The lowest BCUT2D eigenvalue weighted by Crippen LogP contribution is -2.40. The summed E-state index contributed by atoms with van der Waals surface area (Å²) in [5, 5.41) is 13.1. The van der Waals surface area contributed by atoms with Gasteiger partial charge in [-0.3, -0.25) is 4.79 Å². The summed E-state index contributed by atoms with van der Waals surface area (Å²) in [7, 11) is 0. The fraction of sp³-hybridized carbons (Fsp3) is 0.600. The number of carbonyl (C=O) groups is 1. The molecule has 2 N–H and O–H groups in total. The van der Waals surface area contributed by atoms with Crippen molar-refractivity contribution in [2.75, 3.05) is 25.0 Å². The molecule has 6 heteroatoms. The molecule has 1 amide bonds. The second kappa shape index (κ2) is 7.09. The standard InChI is InChI=1S/C15H22ClN3O2/c1-3-17-14-8-12(13(16)9-18-14)15(21)19-6-4-11(5-7-19)10(2)20/h8-11,20H,3-7H2,1-2H3,(H,17,18). The van der Waals surface area contributed by atoms with E-state index in [1.807, 2.05) is 13.8 Å². The number of halogens is 1. The van der Waals surface area contributed by atoms with Gasteiger partial charge in [-0.25, -0.2) is 4.98 Å². The summed E-state index contributed by atoms with van der Waals surface area (Å²) in [4.78, 5) is 18.5. The Bertz CT molecular complexity index is 500. The maximum atomic E-state index is 12.6. The minimum Gasteiger partial charge on any atom is -0.393 e. The van der Waals surface area contributed by atoms with Gasteiger partial charge in [-0.1, -0.05) is 11.6 Å². The molecule has 2 heterocycles. The molecule has 1 aromatic heterocycles. The smallest absolute Gasteiger partial charge is 0.255 e. The molecule has 1 unspecified atom stereocenters. The Hall–Kier alpha value is -1.33. The van der Waals surface area contributed by atoms with Crippen molar-refractivity contribution in [3.8, 4) is 0 Å². The molecule has 0 saturated carbocycles. The van der Waals surface area contributed by atoms with Crippen molar-refractivity contribution >= 4 is 23.3 Å². The van der Waals surface area contributed by atoms with Crippen LogP contribution in [0.5, 0.6) is 0 Å². The van der Waals surface area contributed by atoms with Crippen LogP contribution in [-0.2, 0) is 0 Å². The third kappa shape index (κ3) is 3.86. The largest absolute Gasteiger partial charge is 0.393 e. The molecule has 1 fully saturated rings. The van der Waals surface area contributed by atoms with Crippen LogP contribution in [-0.4, -0.2) is 46.6 Å². The first-order valence-electron chi connectivity index (χ1n) is 7.39. The summed E-state index contributed by atoms with van der Waals surface area (Å²) >= 11 is 6.11. The van der Waals surface area contributed by atoms with Crippen molar-refractivity contribution in [3.05, 3.63) is 22.8 Å². The number of nitrogens with zero attached hydrogens (tertiary/aromatic N) is 2. The summed E-state index contributed by atoms with van der Waals surface area (Å²) in [6.45, 7) is 5.83. The highest BCUT2D eigenvalue weighted by Crippen LogP contribution is 2.25. The van der Waals surface area contributed by atoms with Gasteiger partial charge in [0.1, 0.15) is 5.82 Å². The van der Waals surface area contributed by atoms with Crippen LogP contribution < -0.4 is 5.32 Å². The number of aliphatic hydroxyl groups is 1. The van der Waals surface area contributed by atoms with Gasteiger partial charge in [-0.05, 0) is 38.7 Å². The van der Waals surface area contributed by atoms with Crippen molar-refractivity contribution in [2.45, 2.75) is 32.8 Å². The van der Waals surface area contributed by atoms with Gasteiger partial charge < -0.3 is 15.3 Å². The van der Waals surface area contributed by atoms with E-state index in [9.17, 15) is 9.90 Å². The van der Waals surface area contributed by atoms with Gasteiger partial charge in [0.05, 0.1) is 16.7 Å². The minimum absolute atomic E-state index is 0.0643. The molecule has 5 nitrogen and oxygen atoms in total. The predicted molar refractivity (Wildman–Crippen MR) is 83.7 cm³/mol. The van der Waals surface area contributed by atoms with Crippen LogP contribution in [0.15, 0.2) is 12.3 Å². The van der Waals surface area contributed by atoms with Gasteiger partial charge in [-0.15, -0.1) is 0 Å². The average molecular weight is 312 g/mol. The van der Waals surface area contributed by atoms with E-state index in [-0.39, 0.29) is 17.9 Å². The zero-order valence-corrected chi connectivity index (χ0v) is 13.2. The van der Waals surface area contributed by atoms with Gasteiger partial charge in [0.15, 0.2) is 0 Å². The monoisotopic (exact) mass is 311 g/mol. The Labute approximate surface area is 130 Å². The second-order valence-corrected chi connectivity index (χ2v) is 5.86. The van der Waals surface area contributed by atoms with Crippen LogP contribution in [0.4, 0.5) is 5.82 Å². The Morgan fingerprint density at radius 2 is 2.24 bits per heavy atom. The van der Waals surface area contributed by atoms with E-state index in [1.54, 1.807) is 11.0 Å². The van der Waals surface area contributed by atoms with Crippen molar-refractivity contribution in [3.63, 3.8) is 0 Å². The summed E-state index contributed by atoms with van der Waals surface area (Å²) in [6.07, 6.45) is 2.85. The lowest BCUT2D eigenvalue weighted by Gasteiger charge is -2.33. The summed E-state index contributed by atoms with van der Waals surface area (Å²) in [5.74, 6) is 0.869. The van der Waals surface area contributed by atoms with Crippen LogP contribution in [0.25, 0.3) is 0 Å². The number of nitrogens with one attached hydrogen (secondary N) is 1. The second-order valence-electron chi connectivity index (χ2n) is 5.45. The van der Waals surface area contributed by atoms with Crippen LogP contribution in [0.2, 0.25) is 5.02 Å². The SMILES string of the molecule is CCNc1cc(C(=O)N2CCC(C(C)O)CC2)c(Cl)cn1. The normalized spacial score (nSPS) is 17.6. The summed E-state index contributed by atoms with van der Waals surface area (Å²) in [5.41, 5.74) is 0.484. The maximum absolute atomic E-state index is 12.6. The predicted octanol–water partition coefficient (Wildman–Crippen LogP) is 2.40. The van der Waals surface area contributed by atoms with Gasteiger partial charge in [0.2, 0.25) is 0 Å². The third-order valence-corrected chi connectivity index (χ3v) is 4.25. The molecule has 0 bridgehead atoms. The highest BCUT2D eigenvalue weighted by molar-refractivity contribution is 6.33. The number of anilines is 1. The topological polar surface area (TPSA) is 65.5 Å². The van der Waals surface area contributed by atoms with Crippen molar-refractivity contribution < 1.29 is 9.90 Å². The lowest BCUT2D eigenvalue weighted by atomic mass is 9.92. The van der Waals surface area contributed by atoms with Crippen LogP contribution in [0.1, 0.15) is 37.0 Å². The van der Waals surface area contributed by atoms with Gasteiger partial charge in [-0.2, -0.15) is 0 Å². The highest BCUT2D eigenvalue weighted by atomic mass is 35.5. The van der Waals surface area contributed by atoms with Gasteiger partial charge >= 0.3 is 0 Å². The summed E-state index contributed by atoms with van der Waals surface area (Å²) < 4.78 is 0. The molecule has 1 aliphatic heterocycles. The number of aromatic nitrogens is 1. The number of carbonyl (C=O) groups excluding carboxylic acids is 1. The molecular formula is C15H22ClN3O2. The molecule has 1 saturated heterocycles. The Balaban J connectivity index is 2.08. The number of pyridine rings is 1. The first kappa shape index (κ1) is 16.0. The van der Waals surface area contributed by atoms with Crippen molar-refractivity contribution in [2.24, 2.45) is 5.92 Å². The van der Waals surface area contributed by atoms with Gasteiger partial charge in [0.25, 0.3) is 5.91 Å². The maximum Gasteiger partial charge on any atom is 0.255 e.